The van der Waals surface area contributed by atoms with Crippen LogP contribution in [0.3, 0.4) is 0 Å². The van der Waals surface area contributed by atoms with Crippen LogP contribution in [-0.4, -0.2) is 9.78 Å². The summed E-state index contributed by atoms with van der Waals surface area (Å²) in [6.07, 6.45) is 1.86. The number of anilines is 1. The Morgan fingerprint density at radius 2 is 1.88 bits per heavy atom. The fourth-order valence-corrected chi connectivity index (χ4v) is 2.01. The first-order valence-electron chi connectivity index (χ1n) is 5.55. The fourth-order valence-electron chi connectivity index (χ4n) is 2.01. The summed E-state index contributed by atoms with van der Waals surface area (Å²) >= 11 is 0. The Morgan fingerprint density at radius 3 is 2.76 bits per heavy atom. The van der Waals surface area contributed by atoms with Gasteiger partial charge in [0.1, 0.15) is 0 Å². The Balaban J connectivity index is 2.31. The highest BCUT2D eigenvalue weighted by molar-refractivity contribution is 5.81. The van der Waals surface area contributed by atoms with Crippen LogP contribution in [0.2, 0.25) is 0 Å². The van der Waals surface area contributed by atoms with E-state index in [4.69, 9.17) is 5.73 Å². The number of aryl methyl sites for hydroxylation is 1. The number of para-hydroxylation sites is 2. The average molecular weight is 223 g/mol. The number of rotatable bonds is 1. The molecule has 1 heterocycles. The zero-order valence-corrected chi connectivity index (χ0v) is 9.59. The lowest BCUT2D eigenvalue weighted by atomic mass is 10.1. The molecule has 0 saturated carbocycles. The largest absolute Gasteiger partial charge is 0.397 e. The van der Waals surface area contributed by atoms with Gasteiger partial charge in [0, 0.05) is 5.39 Å². The molecule has 2 N–H and O–H groups in total. The minimum absolute atomic E-state index is 0.779. The summed E-state index contributed by atoms with van der Waals surface area (Å²) < 4.78 is 1.89. The van der Waals surface area contributed by atoms with Crippen LogP contribution in [-0.2, 0) is 0 Å². The number of benzene rings is 2. The molecule has 0 aliphatic carbocycles. The molecule has 0 atom stereocenters. The van der Waals surface area contributed by atoms with Crippen molar-refractivity contribution in [2.75, 3.05) is 5.73 Å². The molecule has 0 radical (unpaired) electrons. The molecular weight excluding hydrogens is 210 g/mol. The lowest BCUT2D eigenvalue weighted by Gasteiger charge is -2.09. The van der Waals surface area contributed by atoms with Gasteiger partial charge in [-0.3, -0.25) is 0 Å². The van der Waals surface area contributed by atoms with Crippen LogP contribution in [0.4, 0.5) is 5.69 Å². The second-order valence-electron chi connectivity index (χ2n) is 4.12. The zero-order chi connectivity index (χ0) is 11.8. The number of aromatic nitrogens is 2. The highest BCUT2D eigenvalue weighted by Crippen LogP contribution is 2.24. The molecule has 3 aromatic rings. The number of hydrogen-bond acceptors (Lipinski definition) is 2. The van der Waals surface area contributed by atoms with Gasteiger partial charge in [0.05, 0.1) is 23.1 Å². The Kier molecular flexibility index (Phi) is 2.11. The lowest BCUT2D eigenvalue weighted by molar-refractivity contribution is 0.912. The van der Waals surface area contributed by atoms with Crippen LogP contribution < -0.4 is 5.73 Å². The van der Waals surface area contributed by atoms with Crippen LogP contribution >= 0.6 is 0 Å². The molecule has 17 heavy (non-hydrogen) atoms. The van der Waals surface area contributed by atoms with E-state index in [1.165, 1.54) is 0 Å². The van der Waals surface area contributed by atoms with Crippen molar-refractivity contribution in [1.82, 2.24) is 9.78 Å². The van der Waals surface area contributed by atoms with Crippen molar-refractivity contribution in [3.63, 3.8) is 0 Å². The van der Waals surface area contributed by atoms with Gasteiger partial charge in [-0.25, -0.2) is 4.68 Å². The Labute approximate surface area is 99.5 Å². The van der Waals surface area contributed by atoms with Gasteiger partial charge >= 0.3 is 0 Å². The molecule has 2 aromatic carbocycles. The maximum absolute atomic E-state index is 6.10. The zero-order valence-electron chi connectivity index (χ0n) is 9.59. The number of nitrogen functional groups attached to an aromatic ring is 1. The number of nitrogens with zero attached hydrogens (tertiary/aromatic N) is 2. The molecule has 1 aromatic heterocycles. The second kappa shape index (κ2) is 3.63. The summed E-state index contributed by atoms with van der Waals surface area (Å²) in [5.74, 6) is 0. The number of nitrogens with two attached hydrogens (primary N) is 1. The molecule has 0 fully saturated rings. The topological polar surface area (TPSA) is 43.8 Å². The van der Waals surface area contributed by atoms with Gasteiger partial charge in [-0.2, -0.15) is 5.10 Å². The standard InChI is InChI=1S/C14H13N3/c1-10-5-4-8-13(14(10)15)17-12-7-3-2-6-11(12)9-16-17/h2-9H,15H2,1H3. The van der Waals surface area contributed by atoms with E-state index in [0.29, 0.717) is 0 Å². The minimum atomic E-state index is 0.779. The quantitative estimate of drug-likeness (QED) is 0.644. The molecule has 3 heteroatoms. The third kappa shape index (κ3) is 1.47. The van der Waals surface area contributed by atoms with Crippen LogP contribution in [0, 0.1) is 6.92 Å². The van der Waals surface area contributed by atoms with Crippen molar-refractivity contribution in [2.24, 2.45) is 0 Å². The van der Waals surface area contributed by atoms with Crippen molar-refractivity contribution in [2.45, 2.75) is 6.92 Å². The maximum atomic E-state index is 6.10. The van der Waals surface area contributed by atoms with Crippen LogP contribution in [0.1, 0.15) is 5.56 Å². The van der Waals surface area contributed by atoms with Gasteiger partial charge in [-0.15, -0.1) is 0 Å². The van der Waals surface area contributed by atoms with Gasteiger partial charge < -0.3 is 5.73 Å². The predicted molar refractivity (Wildman–Crippen MR) is 70.2 cm³/mol. The van der Waals surface area contributed by atoms with Crippen LogP contribution in [0.15, 0.2) is 48.7 Å². The van der Waals surface area contributed by atoms with Gasteiger partial charge in [-0.1, -0.05) is 30.3 Å². The van der Waals surface area contributed by atoms with E-state index in [0.717, 1.165) is 27.8 Å². The second-order valence-corrected chi connectivity index (χ2v) is 4.12. The lowest BCUT2D eigenvalue weighted by Crippen LogP contribution is -2.02. The van der Waals surface area contributed by atoms with Crippen molar-refractivity contribution in [3.8, 4) is 5.69 Å². The first-order valence-corrected chi connectivity index (χ1v) is 5.55. The predicted octanol–water partition coefficient (Wildman–Crippen LogP) is 2.92. The summed E-state index contributed by atoms with van der Waals surface area (Å²) in [5.41, 5.74) is 9.96. The molecule has 0 amide bonds. The molecule has 0 aliphatic rings. The van der Waals surface area contributed by atoms with Crippen molar-refractivity contribution in [3.05, 3.63) is 54.2 Å². The van der Waals surface area contributed by atoms with E-state index in [2.05, 4.69) is 5.10 Å². The number of hydrogen-bond donors (Lipinski definition) is 1. The van der Waals surface area contributed by atoms with Gasteiger partial charge in [0.15, 0.2) is 0 Å². The van der Waals surface area contributed by atoms with Gasteiger partial charge in [0.2, 0.25) is 0 Å². The van der Waals surface area contributed by atoms with Crippen molar-refractivity contribution >= 4 is 16.6 Å². The first-order chi connectivity index (χ1) is 8.27. The third-order valence-corrected chi connectivity index (χ3v) is 3.01. The highest BCUT2D eigenvalue weighted by atomic mass is 15.3. The van der Waals surface area contributed by atoms with Crippen molar-refractivity contribution < 1.29 is 0 Å². The van der Waals surface area contributed by atoms with E-state index in [9.17, 15) is 0 Å². The van der Waals surface area contributed by atoms with E-state index in [1.54, 1.807) is 0 Å². The SMILES string of the molecule is Cc1cccc(-n2ncc3ccccc32)c1N. The third-order valence-electron chi connectivity index (χ3n) is 3.01. The molecule has 0 unspecified atom stereocenters. The Hall–Kier alpha value is -2.29. The smallest absolute Gasteiger partial charge is 0.0884 e. The van der Waals surface area contributed by atoms with E-state index < -0.39 is 0 Å². The van der Waals surface area contributed by atoms with E-state index in [1.807, 2.05) is 60.3 Å². The normalized spacial score (nSPS) is 10.9. The molecule has 3 nitrogen and oxygen atoms in total. The first kappa shape index (κ1) is 9.90. The Bertz CT molecular complexity index is 683. The summed E-state index contributed by atoms with van der Waals surface area (Å²) in [4.78, 5) is 0. The summed E-state index contributed by atoms with van der Waals surface area (Å²) in [5, 5.41) is 5.52. The van der Waals surface area contributed by atoms with E-state index >= 15 is 0 Å². The molecule has 0 aliphatic heterocycles. The molecule has 0 spiro atoms. The minimum Gasteiger partial charge on any atom is -0.397 e. The monoisotopic (exact) mass is 223 g/mol. The molecule has 0 saturated heterocycles. The highest BCUT2D eigenvalue weighted by Gasteiger charge is 2.07. The fraction of sp³-hybridized carbons (Fsp3) is 0.0714. The Morgan fingerprint density at radius 1 is 1.06 bits per heavy atom. The number of fused-ring (bicyclic) bond motifs is 1. The summed E-state index contributed by atoms with van der Waals surface area (Å²) in [6, 6.07) is 14.1. The molecule has 3 rings (SSSR count). The summed E-state index contributed by atoms with van der Waals surface area (Å²) in [6.45, 7) is 2.00. The molecular formula is C14H13N3. The molecule has 0 bridgehead atoms. The van der Waals surface area contributed by atoms with Crippen LogP contribution in [0.5, 0.6) is 0 Å². The van der Waals surface area contributed by atoms with Gasteiger partial charge in [0.25, 0.3) is 0 Å². The maximum Gasteiger partial charge on any atom is 0.0884 e. The molecule has 84 valence electrons. The van der Waals surface area contributed by atoms with Crippen LogP contribution in [0.25, 0.3) is 16.6 Å². The van der Waals surface area contributed by atoms with E-state index in [-0.39, 0.29) is 0 Å². The van der Waals surface area contributed by atoms with Crippen molar-refractivity contribution in [1.29, 1.82) is 0 Å². The summed E-state index contributed by atoms with van der Waals surface area (Å²) in [7, 11) is 0. The van der Waals surface area contributed by atoms with Gasteiger partial charge in [-0.05, 0) is 24.6 Å². The average Bonchev–Trinajstić information content (AvgIpc) is 2.77.